The Morgan fingerprint density at radius 3 is 2.88 bits per heavy atom. The molecule has 7 nitrogen and oxygen atoms in total. The number of hydrogen-bond donors (Lipinski definition) is 0. The third-order valence-electron chi connectivity index (χ3n) is 4.16. The van der Waals surface area contributed by atoms with Gasteiger partial charge in [-0.15, -0.1) is 5.10 Å². The molecule has 0 amide bonds. The lowest BCUT2D eigenvalue weighted by Crippen LogP contribution is -1.94. The van der Waals surface area contributed by atoms with Crippen LogP contribution >= 0.6 is 11.3 Å². The molecule has 0 saturated heterocycles. The van der Waals surface area contributed by atoms with Gasteiger partial charge >= 0.3 is 0 Å². The summed E-state index contributed by atoms with van der Waals surface area (Å²) in [5.41, 5.74) is 8.19. The third kappa shape index (κ3) is 2.14. The molecule has 0 radical (unpaired) electrons. The summed E-state index contributed by atoms with van der Waals surface area (Å²) in [6, 6.07) is 12.0. The van der Waals surface area contributed by atoms with Crippen LogP contribution in [0.2, 0.25) is 0 Å². The average molecular weight is 347 g/mol. The normalized spacial score (nSPS) is 11.6. The van der Waals surface area contributed by atoms with Crippen molar-refractivity contribution in [3.63, 3.8) is 0 Å². The Morgan fingerprint density at radius 1 is 1.08 bits per heavy atom. The highest BCUT2D eigenvalue weighted by Crippen LogP contribution is 2.33. The first-order valence-electron chi connectivity index (χ1n) is 7.77. The number of pyridine rings is 1. The number of rotatable bonds is 2. The van der Waals surface area contributed by atoms with Crippen molar-refractivity contribution in [2.75, 3.05) is 0 Å². The maximum Gasteiger partial charge on any atom is 0.213 e. The fourth-order valence-corrected chi connectivity index (χ4v) is 3.60. The molecule has 0 unspecified atom stereocenters. The van der Waals surface area contributed by atoms with E-state index in [-0.39, 0.29) is 0 Å². The highest BCUT2D eigenvalue weighted by Gasteiger charge is 2.19. The Hall–Kier alpha value is -3.13. The van der Waals surface area contributed by atoms with Crippen molar-refractivity contribution in [2.45, 2.75) is 6.92 Å². The van der Waals surface area contributed by atoms with E-state index in [2.05, 4.69) is 26.5 Å². The van der Waals surface area contributed by atoms with E-state index in [4.69, 9.17) is 4.98 Å². The van der Waals surface area contributed by atoms with E-state index in [0.29, 0.717) is 0 Å². The predicted octanol–water partition coefficient (Wildman–Crippen LogP) is 3.11. The molecule has 0 fully saturated rings. The van der Waals surface area contributed by atoms with Crippen molar-refractivity contribution in [1.82, 2.24) is 34.6 Å². The molecular weight excluding hydrogens is 334 g/mol. The summed E-state index contributed by atoms with van der Waals surface area (Å²) in [6.07, 6.45) is 0. The molecule has 0 N–H and O–H groups in total. The van der Waals surface area contributed by atoms with Gasteiger partial charge in [0.2, 0.25) is 4.96 Å². The zero-order valence-electron chi connectivity index (χ0n) is 13.6. The van der Waals surface area contributed by atoms with Crippen molar-refractivity contribution < 1.29 is 0 Å². The van der Waals surface area contributed by atoms with Crippen LogP contribution in [0.3, 0.4) is 0 Å². The van der Waals surface area contributed by atoms with Gasteiger partial charge < -0.3 is 0 Å². The van der Waals surface area contributed by atoms with Crippen molar-refractivity contribution in [2.24, 2.45) is 7.05 Å². The van der Waals surface area contributed by atoms with Gasteiger partial charge in [0, 0.05) is 18.3 Å². The first-order chi connectivity index (χ1) is 12.2. The van der Waals surface area contributed by atoms with Crippen LogP contribution in [0, 0.1) is 6.92 Å². The van der Waals surface area contributed by atoms with Gasteiger partial charge in [0.05, 0.1) is 11.2 Å². The maximum absolute atomic E-state index is 4.80. The van der Waals surface area contributed by atoms with Crippen molar-refractivity contribution >= 4 is 27.3 Å². The average Bonchev–Trinajstić information content (AvgIpc) is 3.29. The van der Waals surface area contributed by atoms with Gasteiger partial charge in [-0.1, -0.05) is 28.7 Å². The van der Waals surface area contributed by atoms with E-state index in [1.807, 2.05) is 48.8 Å². The second kappa shape index (κ2) is 5.18. The Kier molecular flexibility index (Phi) is 2.95. The van der Waals surface area contributed by atoms with Crippen LogP contribution in [0.15, 0.2) is 41.9 Å². The number of aromatic nitrogens is 7. The summed E-state index contributed by atoms with van der Waals surface area (Å²) < 4.78 is 3.62. The fourth-order valence-electron chi connectivity index (χ4n) is 2.98. The Bertz CT molecular complexity index is 1230. The SMILES string of the molecule is Cc1cccc(-c2c(-c3ccc4nnn(C)c4c3)nc3scnn23)n1. The number of nitrogens with zero attached hydrogens (tertiary/aromatic N) is 7. The van der Waals surface area contributed by atoms with Crippen LogP contribution in [0.25, 0.3) is 38.6 Å². The molecule has 0 bridgehead atoms. The minimum Gasteiger partial charge on any atom is -0.251 e. The minimum absolute atomic E-state index is 0.844. The smallest absolute Gasteiger partial charge is 0.213 e. The van der Waals surface area contributed by atoms with Gasteiger partial charge in [0.1, 0.15) is 22.4 Å². The summed E-state index contributed by atoms with van der Waals surface area (Å²) in [5, 5.41) is 12.7. The predicted molar refractivity (Wildman–Crippen MR) is 96.3 cm³/mol. The van der Waals surface area contributed by atoms with Crippen LogP contribution in [-0.4, -0.2) is 34.6 Å². The number of aryl methyl sites for hydroxylation is 2. The van der Waals surface area contributed by atoms with Crippen LogP contribution in [-0.2, 0) is 7.05 Å². The zero-order chi connectivity index (χ0) is 17.0. The van der Waals surface area contributed by atoms with E-state index in [1.165, 1.54) is 11.3 Å². The molecule has 0 spiro atoms. The Labute approximate surface area is 146 Å². The van der Waals surface area contributed by atoms with E-state index in [9.17, 15) is 0 Å². The first-order valence-corrected chi connectivity index (χ1v) is 8.65. The summed E-state index contributed by atoms with van der Waals surface area (Å²) >= 11 is 1.51. The number of imidazole rings is 1. The lowest BCUT2D eigenvalue weighted by atomic mass is 10.1. The van der Waals surface area contributed by atoms with Gasteiger partial charge in [-0.25, -0.2) is 14.2 Å². The van der Waals surface area contributed by atoms with Gasteiger partial charge in [-0.05, 0) is 31.2 Å². The largest absolute Gasteiger partial charge is 0.251 e. The number of fused-ring (bicyclic) bond motifs is 2. The molecule has 122 valence electrons. The molecule has 0 saturated carbocycles. The van der Waals surface area contributed by atoms with Crippen molar-refractivity contribution in [1.29, 1.82) is 0 Å². The summed E-state index contributed by atoms with van der Waals surface area (Å²) in [5.74, 6) is 0. The van der Waals surface area contributed by atoms with Gasteiger partial charge in [0.25, 0.3) is 0 Å². The van der Waals surface area contributed by atoms with E-state index >= 15 is 0 Å². The van der Waals surface area contributed by atoms with Gasteiger partial charge in [-0.2, -0.15) is 5.10 Å². The standard InChI is InChI=1S/C17H13N7S/c1-10-4-3-5-13(19-10)16-15(20-17-24(16)18-9-25-17)11-6-7-12-14(8-11)23(2)22-21-12/h3-9H,1-2H3. The van der Waals surface area contributed by atoms with E-state index in [0.717, 1.165) is 44.3 Å². The zero-order valence-corrected chi connectivity index (χ0v) is 14.4. The highest BCUT2D eigenvalue weighted by atomic mass is 32.1. The molecule has 5 rings (SSSR count). The second-order valence-corrected chi connectivity index (χ2v) is 6.63. The van der Waals surface area contributed by atoms with Crippen LogP contribution in [0.1, 0.15) is 5.69 Å². The maximum atomic E-state index is 4.80. The Balaban J connectivity index is 1.81. The van der Waals surface area contributed by atoms with Crippen molar-refractivity contribution in [3.05, 3.63) is 47.6 Å². The number of hydrogen-bond acceptors (Lipinski definition) is 6. The molecule has 0 aliphatic carbocycles. The molecule has 0 atom stereocenters. The monoisotopic (exact) mass is 347 g/mol. The molecule has 0 aliphatic heterocycles. The fraction of sp³-hybridized carbons (Fsp3) is 0.118. The molecule has 4 aromatic heterocycles. The molecule has 0 aliphatic rings. The third-order valence-corrected chi connectivity index (χ3v) is 4.84. The quantitative estimate of drug-likeness (QED) is 0.490. The molecule has 4 heterocycles. The van der Waals surface area contributed by atoms with Gasteiger partial charge in [-0.3, -0.25) is 4.98 Å². The van der Waals surface area contributed by atoms with Crippen LogP contribution in [0.5, 0.6) is 0 Å². The number of benzene rings is 1. The molecule has 5 aromatic rings. The lowest BCUT2D eigenvalue weighted by Gasteiger charge is -2.05. The summed E-state index contributed by atoms with van der Waals surface area (Å²) in [4.78, 5) is 10.3. The second-order valence-electron chi connectivity index (χ2n) is 5.82. The van der Waals surface area contributed by atoms with Crippen molar-refractivity contribution in [3.8, 4) is 22.6 Å². The summed E-state index contributed by atoms with van der Waals surface area (Å²) in [7, 11) is 1.88. The molecule has 8 heteroatoms. The Morgan fingerprint density at radius 2 is 2.00 bits per heavy atom. The van der Waals surface area contributed by atoms with E-state index < -0.39 is 0 Å². The van der Waals surface area contributed by atoms with Gasteiger partial charge in [0.15, 0.2) is 0 Å². The van der Waals surface area contributed by atoms with Crippen LogP contribution < -0.4 is 0 Å². The van der Waals surface area contributed by atoms with Crippen LogP contribution in [0.4, 0.5) is 0 Å². The molecule has 25 heavy (non-hydrogen) atoms. The molecule has 1 aromatic carbocycles. The summed E-state index contributed by atoms with van der Waals surface area (Å²) in [6.45, 7) is 1.98. The highest BCUT2D eigenvalue weighted by molar-refractivity contribution is 7.14. The minimum atomic E-state index is 0.844. The topological polar surface area (TPSA) is 73.8 Å². The van der Waals surface area contributed by atoms with E-state index in [1.54, 1.807) is 10.2 Å². The molecular formula is C17H13N7S. The first kappa shape index (κ1) is 14.2. The lowest BCUT2D eigenvalue weighted by molar-refractivity contribution is 0.736.